The van der Waals surface area contributed by atoms with Gasteiger partial charge in [0.25, 0.3) is 5.91 Å². The lowest BCUT2D eigenvalue weighted by Crippen LogP contribution is -2.22. The van der Waals surface area contributed by atoms with Crippen LogP contribution in [0.1, 0.15) is 46.7 Å². The molecule has 0 bridgehead atoms. The van der Waals surface area contributed by atoms with E-state index in [1.807, 2.05) is 44.4 Å². The van der Waals surface area contributed by atoms with Crippen molar-refractivity contribution in [2.75, 3.05) is 27.7 Å². The first-order valence-electron chi connectivity index (χ1n) is 12.4. The van der Waals surface area contributed by atoms with Crippen LogP contribution in [0.4, 0.5) is 0 Å². The van der Waals surface area contributed by atoms with Gasteiger partial charge in [0.05, 0.1) is 23.1 Å². The molecule has 190 valence electrons. The van der Waals surface area contributed by atoms with Crippen LogP contribution in [0.3, 0.4) is 0 Å². The SMILES string of the molecule is COc1c(C(=O)CCCN(C)C)cnc2ccc(/C=C3\SC(N[C@@H]4C[C@H]4c4ccccc4)=NC3=O)cc12. The van der Waals surface area contributed by atoms with Crippen LogP contribution in [0.2, 0.25) is 0 Å². The van der Waals surface area contributed by atoms with Gasteiger partial charge in [0.2, 0.25) is 0 Å². The Morgan fingerprint density at radius 3 is 2.78 bits per heavy atom. The summed E-state index contributed by atoms with van der Waals surface area (Å²) in [4.78, 5) is 36.8. The van der Waals surface area contributed by atoms with Gasteiger partial charge in [-0.15, -0.1) is 0 Å². The number of hydrogen-bond acceptors (Lipinski definition) is 7. The number of aliphatic imine (C=N–C) groups is 1. The lowest BCUT2D eigenvalue weighted by molar-refractivity contribution is -0.113. The summed E-state index contributed by atoms with van der Waals surface area (Å²) >= 11 is 1.36. The van der Waals surface area contributed by atoms with E-state index in [4.69, 9.17) is 4.74 Å². The molecule has 2 aromatic carbocycles. The molecule has 0 unspecified atom stereocenters. The number of aromatic nitrogens is 1. The van der Waals surface area contributed by atoms with Gasteiger partial charge in [0.1, 0.15) is 5.75 Å². The van der Waals surface area contributed by atoms with Crippen molar-refractivity contribution >= 4 is 45.6 Å². The zero-order valence-electron chi connectivity index (χ0n) is 21.2. The molecular weight excluding hydrogens is 484 g/mol. The Balaban J connectivity index is 1.31. The molecule has 1 N–H and O–H groups in total. The molecule has 37 heavy (non-hydrogen) atoms. The molecule has 0 saturated heterocycles. The lowest BCUT2D eigenvalue weighted by Gasteiger charge is -2.12. The predicted octanol–water partition coefficient (Wildman–Crippen LogP) is 4.88. The number of thioether (sulfide) groups is 1. The van der Waals surface area contributed by atoms with E-state index in [0.29, 0.717) is 39.8 Å². The second-order valence-electron chi connectivity index (χ2n) is 9.65. The van der Waals surface area contributed by atoms with Gasteiger partial charge in [-0.1, -0.05) is 36.4 Å². The van der Waals surface area contributed by atoms with Crippen molar-refractivity contribution in [2.45, 2.75) is 31.2 Å². The Morgan fingerprint density at radius 1 is 1.22 bits per heavy atom. The molecule has 1 amide bonds. The van der Waals surface area contributed by atoms with E-state index in [1.165, 1.54) is 17.3 Å². The molecule has 2 atom stereocenters. The Morgan fingerprint density at radius 2 is 2.03 bits per heavy atom. The van der Waals surface area contributed by atoms with Crippen LogP contribution < -0.4 is 10.1 Å². The first-order valence-corrected chi connectivity index (χ1v) is 13.2. The molecule has 0 radical (unpaired) electrons. The zero-order chi connectivity index (χ0) is 25.9. The van der Waals surface area contributed by atoms with Crippen LogP contribution in [-0.2, 0) is 4.79 Å². The Labute approximate surface area is 221 Å². The highest BCUT2D eigenvalue weighted by atomic mass is 32.2. The van der Waals surface area contributed by atoms with Crippen LogP contribution in [0, 0.1) is 0 Å². The number of ether oxygens (including phenoxy) is 1. The standard InChI is InChI=1S/C29H30N4O3S/c1-33(2)13-7-10-25(34)22-17-30-23-12-11-18(14-21(23)27(22)36-3)15-26-28(35)32-29(37-26)31-24-16-20(24)19-8-5-4-6-9-19/h4-6,8-9,11-12,14-15,17,20,24H,7,10,13,16H2,1-3H3,(H,31,32,35)/b26-15-/t20-,24+/m0/s1. The summed E-state index contributed by atoms with van der Waals surface area (Å²) in [5.41, 5.74) is 3.34. The van der Waals surface area contributed by atoms with Crippen molar-refractivity contribution in [1.29, 1.82) is 0 Å². The maximum atomic E-state index is 12.9. The summed E-state index contributed by atoms with van der Waals surface area (Å²) in [7, 11) is 5.55. The number of amidine groups is 1. The van der Waals surface area contributed by atoms with Crippen LogP contribution in [-0.4, -0.2) is 60.5 Å². The Bertz CT molecular complexity index is 1400. The van der Waals surface area contributed by atoms with E-state index >= 15 is 0 Å². The molecule has 1 fully saturated rings. The molecule has 2 heterocycles. The molecule has 8 heteroatoms. The molecule has 2 aliphatic rings. The molecule has 0 spiro atoms. The molecular formula is C29H30N4O3S. The van der Waals surface area contributed by atoms with Gasteiger partial charge in [-0.25, -0.2) is 0 Å². The second kappa shape index (κ2) is 10.9. The fraction of sp³-hybridized carbons (Fsp3) is 0.310. The highest BCUT2D eigenvalue weighted by Crippen LogP contribution is 2.42. The summed E-state index contributed by atoms with van der Waals surface area (Å²) in [5.74, 6) is 0.730. The highest BCUT2D eigenvalue weighted by molar-refractivity contribution is 8.18. The molecule has 7 nitrogen and oxygen atoms in total. The average Bonchev–Trinajstić information content (AvgIpc) is 3.58. The Kier molecular flexibility index (Phi) is 7.39. The number of nitrogens with one attached hydrogen (secondary N) is 1. The summed E-state index contributed by atoms with van der Waals surface area (Å²) in [5, 5.41) is 4.81. The third-order valence-electron chi connectivity index (χ3n) is 6.60. The largest absolute Gasteiger partial charge is 0.495 e. The van der Waals surface area contributed by atoms with E-state index in [0.717, 1.165) is 35.9 Å². The first kappa shape index (κ1) is 25.2. The van der Waals surface area contributed by atoms with Gasteiger partial charge in [-0.2, -0.15) is 4.99 Å². The molecule has 1 saturated carbocycles. The molecule has 1 aliphatic carbocycles. The van der Waals surface area contributed by atoms with Crippen LogP contribution >= 0.6 is 11.8 Å². The summed E-state index contributed by atoms with van der Waals surface area (Å²) in [6.07, 6.45) is 5.65. The zero-order valence-corrected chi connectivity index (χ0v) is 22.0. The number of rotatable bonds is 9. The number of carbonyl (C=O) groups is 2. The van der Waals surface area contributed by atoms with Gasteiger partial charge < -0.3 is 15.0 Å². The summed E-state index contributed by atoms with van der Waals surface area (Å²) in [6.45, 7) is 0.838. The van der Waals surface area contributed by atoms with Crippen molar-refractivity contribution < 1.29 is 14.3 Å². The number of methoxy groups -OCH3 is 1. The van der Waals surface area contributed by atoms with E-state index in [2.05, 4.69) is 44.5 Å². The third kappa shape index (κ3) is 5.76. The fourth-order valence-corrected chi connectivity index (χ4v) is 5.46. The van der Waals surface area contributed by atoms with Gasteiger partial charge >= 0.3 is 0 Å². The molecule has 3 aromatic rings. The number of Topliss-reactive ketones (excluding diaryl/α,β-unsaturated/α-hetero) is 1. The average molecular weight is 515 g/mol. The van der Waals surface area contributed by atoms with Gasteiger partial charge in [0, 0.05) is 30.0 Å². The Hall–Kier alpha value is -3.49. The number of pyridine rings is 1. The van der Waals surface area contributed by atoms with Crippen molar-refractivity contribution in [3.8, 4) is 5.75 Å². The van der Waals surface area contributed by atoms with Crippen molar-refractivity contribution in [3.63, 3.8) is 0 Å². The highest BCUT2D eigenvalue weighted by Gasteiger charge is 2.40. The van der Waals surface area contributed by atoms with Gasteiger partial charge in [0.15, 0.2) is 11.0 Å². The number of hydrogen-bond donors (Lipinski definition) is 1. The lowest BCUT2D eigenvalue weighted by atomic mass is 10.0. The monoisotopic (exact) mass is 514 g/mol. The third-order valence-corrected chi connectivity index (χ3v) is 7.52. The number of nitrogens with zero attached hydrogens (tertiary/aromatic N) is 3. The smallest absolute Gasteiger partial charge is 0.286 e. The molecule has 1 aromatic heterocycles. The van der Waals surface area contributed by atoms with Gasteiger partial charge in [-0.05, 0) is 74.6 Å². The van der Waals surface area contributed by atoms with E-state index in [1.54, 1.807) is 13.3 Å². The number of amides is 1. The van der Waals surface area contributed by atoms with E-state index < -0.39 is 0 Å². The number of fused-ring (bicyclic) bond motifs is 1. The normalized spacial score (nSPS) is 19.9. The topological polar surface area (TPSA) is 83.9 Å². The second-order valence-corrected chi connectivity index (χ2v) is 10.7. The van der Waals surface area contributed by atoms with E-state index in [9.17, 15) is 9.59 Å². The maximum Gasteiger partial charge on any atom is 0.286 e. The summed E-state index contributed by atoms with van der Waals surface area (Å²) < 4.78 is 5.67. The molecule has 5 rings (SSSR count). The van der Waals surface area contributed by atoms with Crippen molar-refractivity contribution in [2.24, 2.45) is 4.99 Å². The minimum Gasteiger partial charge on any atom is -0.495 e. The van der Waals surface area contributed by atoms with Gasteiger partial charge in [-0.3, -0.25) is 14.6 Å². The minimum absolute atomic E-state index is 0.0105. The predicted molar refractivity (Wildman–Crippen MR) is 149 cm³/mol. The van der Waals surface area contributed by atoms with Crippen molar-refractivity contribution in [1.82, 2.24) is 15.2 Å². The quantitative estimate of drug-likeness (QED) is 0.322. The summed E-state index contributed by atoms with van der Waals surface area (Å²) in [6, 6.07) is 16.4. The molecule has 1 aliphatic heterocycles. The van der Waals surface area contributed by atoms with Crippen LogP contribution in [0.5, 0.6) is 5.75 Å². The van der Waals surface area contributed by atoms with E-state index in [-0.39, 0.29) is 11.7 Å². The number of benzene rings is 2. The van der Waals surface area contributed by atoms with Crippen LogP contribution in [0.15, 0.2) is 64.6 Å². The minimum atomic E-state index is -0.251. The van der Waals surface area contributed by atoms with Crippen molar-refractivity contribution in [3.05, 3.63) is 76.3 Å². The first-order chi connectivity index (χ1) is 17.9. The van der Waals surface area contributed by atoms with Crippen LogP contribution in [0.25, 0.3) is 17.0 Å². The fourth-order valence-electron chi connectivity index (χ4n) is 4.59. The maximum absolute atomic E-state index is 12.9. The number of ketones is 1. The number of carbonyl (C=O) groups excluding carboxylic acids is 2.